The van der Waals surface area contributed by atoms with Gasteiger partial charge in [-0.3, -0.25) is 4.79 Å². The molecule has 122 valence electrons. The average Bonchev–Trinajstić information content (AvgIpc) is 2.34. The lowest BCUT2D eigenvalue weighted by atomic mass is 9.79. The molecule has 0 radical (unpaired) electrons. The molecule has 0 saturated heterocycles. The van der Waals surface area contributed by atoms with E-state index >= 15 is 0 Å². The van der Waals surface area contributed by atoms with Crippen molar-refractivity contribution in [1.82, 2.24) is 10.6 Å². The van der Waals surface area contributed by atoms with Crippen LogP contribution >= 0.6 is 0 Å². The van der Waals surface area contributed by atoms with Crippen LogP contribution in [-0.2, 0) is 4.79 Å². The minimum absolute atomic E-state index is 0.00917. The minimum atomic E-state index is -0.847. The first-order valence-corrected chi connectivity index (χ1v) is 7.92. The molecule has 0 aromatic heterocycles. The van der Waals surface area contributed by atoms with Gasteiger partial charge in [-0.2, -0.15) is 0 Å². The second-order valence-corrected chi connectivity index (χ2v) is 7.51. The molecule has 0 spiro atoms. The first-order chi connectivity index (χ1) is 9.65. The summed E-state index contributed by atoms with van der Waals surface area (Å²) >= 11 is 0. The van der Waals surface area contributed by atoms with Gasteiger partial charge in [-0.15, -0.1) is 0 Å². The largest absolute Gasteiger partial charge is 0.481 e. The molecule has 1 saturated carbocycles. The van der Waals surface area contributed by atoms with Gasteiger partial charge >= 0.3 is 12.0 Å². The SMILES string of the molecule is CC(CNC(=O)NC1(CC(=O)O)CCCCC1)C(C)(C)C. The number of amides is 2. The fourth-order valence-electron chi connectivity index (χ4n) is 2.70. The van der Waals surface area contributed by atoms with Gasteiger partial charge in [0.05, 0.1) is 12.0 Å². The molecule has 5 nitrogen and oxygen atoms in total. The summed E-state index contributed by atoms with van der Waals surface area (Å²) in [5, 5.41) is 14.9. The maximum absolute atomic E-state index is 12.1. The third-order valence-corrected chi connectivity index (χ3v) is 4.73. The van der Waals surface area contributed by atoms with Crippen molar-refractivity contribution in [1.29, 1.82) is 0 Å². The van der Waals surface area contributed by atoms with Crippen molar-refractivity contribution in [2.45, 2.75) is 71.8 Å². The number of nitrogens with one attached hydrogen (secondary N) is 2. The van der Waals surface area contributed by atoms with Gasteiger partial charge in [-0.25, -0.2) is 4.79 Å². The zero-order chi connectivity index (χ0) is 16.1. The van der Waals surface area contributed by atoms with Crippen LogP contribution in [0.2, 0.25) is 0 Å². The Hall–Kier alpha value is -1.26. The number of hydrogen-bond donors (Lipinski definition) is 3. The summed E-state index contributed by atoms with van der Waals surface area (Å²) in [6.07, 6.45) is 4.59. The Balaban J connectivity index is 2.54. The van der Waals surface area contributed by atoms with Gasteiger partial charge in [0.2, 0.25) is 0 Å². The summed E-state index contributed by atoms with van der Waals surface area (Å²) in [6.45, 7) is 9.13. The van der Waals surface area contributed by atoms with Crippen LogP contribution in [0.25, 0.3) is 0 Å². The quantitative estimate of drug-likeness (QED) is 0.729. The molecule has 1 aliphatic carbocycles. The Morgan fingerprint density at radius 2 is 1.76 bits per heavy atom. The van der Waals surface area contributed by atoms with Crippen LogP contribution < -0.4 is 10.6 Å². The molecule has 1 unspecified atom stereocenters. The monoisotopic (exact) mass is 298 g/mol. The predicted octanol–water partition coefficient (Wildman–Crippen LogP) is 3.15. The average molecular weight is 298 g/mol. The van der Waals surface area contributed by atoms with Crippen LogP contribution in [0.3, 0.4) is 0 Å². The van der Waals surface area contributed by atoms with Crippen LogP contribution in [-0.4, -0.2) is 29.2 Å². The van der Waals surface area contributed by atoms with E-state index in [4.69, 9.17) is 5.11 Å². The summed E-state index contributed by atoms with van der Waals surface area (Å²) in [5.74, 6) is -0.495. The molecule has 1 rings (SSSR count). The molecule has 2 amide bonds. The zero-order valence-corrected chi connectivity index (χ0v) is 13.8. The summed E-state index contributed by atoms with van der Waals surface area (Å²) in [4.78, 5) is 23.2. The third-order valence-electron chi connectivity index (χ3n) is 4.73. The van der Waals surface area contributed by atoms with Crippen molar-refractivity contribution in [2.75, 3.05) is 6.54 Å². The third kappa shape index (κ3) is 5.94. The minimum Gasteiger partial charge on any atom is -0.481 e. The number of rotatable bonds is 5. The number of carboxylic acid groups (broad SMARTS) is 1. The highest BCUT2D eigenvalue weighted by atomic mass is 16.4. The standard InChI is InChI=1S/C16H30N2O3/c1-12(15(2,3)4)11-17-14(21)18-16(10-13(19)20)8-6-5-7-9-16/h12H,5-11H2,1-4H3,(H,19,20)(H2,17,18,21). The lowest BCUT2D eigenvalue weighted by Crippen LogP contribution is -2.54. The number of aliphatic carboxylic acids is 1. The lowest BCUT2D eigenvalue weighted by Gasteiger charge is -2.37. The van der Waals surface area contributed by atoms with Crippen molar-refractivity contribution in [3.8, 4) is 0 Å². The van der Waals surface area contributed by atoms with Crippen LogP contribution in [0.5, 0.6) is 0 Å². The van der Waals surface area contributed by atoms with Crippen LogP contribution in [0.1, 0.15) is 66.2 Å². The Morgan fingerprint density at radius 1 is 1.19 bits per heavy atom. The molecule has 0 aromatic carbocycles. The van der Waals surface area contributed by atoms with Gasteiger partial charge in [0.25, 0.3) is 0 Å². The maximum Gasteiger partial charge on any atom is 0.315 e. The summed E-state index contributed by atoms with van der Waals surface area (Å²) in [5.41, 5.74) is -0.435. The number of urea groups is 1. The molecule has 5 heteroatoms. The molecule has 0 aliphatic heterocycles. The molecular weight excluding hydrogens is 268 g/mol. The topological polar surface area (TPSA) is 78.4 Å². The number of carbonyl (C=O) groups is 2. The Bertz CT molecular complexity index is 368. The van der Waals surface area contributed by atoms with Gasteiger partial charge < -0.3 is 15.7 Å². The Kier molecular flexibility index (Phi) is 6.05. The van der Waals surface area contributed by atoms with E-state index in [1.807, 2.05) is 0 Å². The smallest absolute Gasteiger partial charge is 0.315 e. The van der Waals surface area contributed by atoms with Crippen molar-refractivity contribution in [3.63, 3.8) is 0 Å². The molecule has 0 aromatic rings. The normalized spacial score (nSPS) is 19.6. The van der Waals surface area contributed by atoms with Crippen molar-refractivity contribution in [3.05, 3.63) is 0 Å². The fourth-order valence-corrected chi connectivity index (χ4v) is 2.70. The first-order valence-electron chi connectivity index (χ1n) is 7.92. The van der Waals surface area contributed by atoms with E-state index in [1.54, 1.807) is 0 Å². The highest BCUT2D eigenvalue weighted by Crippen LogP contribution is 2.31. The van der Waals surface area contributed by atoms with Crippen LogP contribution in [0.4, 0.5) is 4.79 Å². The number of carboxylic acids is 1. The van der Waals surface area contributed by atoms with E-state index < -0.39 is 11.5 Å². The molecule has 21 heavy (non-hydrogen) atoms. The number of carbonyl (C=O) groups excluding carboxylic acids is 1. The molecule has 3 N–H and O–H groups in total. The van der Waals surface area contributed by atoms with E-state index in [-0.39, 0.29) is 17.9 Å². The van der Waals surface area contributed by atoms with Crippen LogP contribution in [0.15, 0.2) is 0 Å². The van der Waals surface area contributed by atoms with Gasteiger partial charge in [0.1, 0.15) is 0 Å². The van der Waals surface area contributed by atoms with E-state index in [9.17, 15) is 9.59 Å². The lowest BCUT2D eigenvalue weighted by molar-refractivity contribution is -0.139. The Labute approximate surface area is 127 Å². The second kappa shape index (κ2) is 7.14. The number of hydrogen-bond acceptors (Lipinski definition) is 2. The molecule has 1 fully saturated rings. The first kappa shape index (κ1) is 17.8. The van der Waals surface area contributed by atoms with Gasteiger partial charge in [-0.05, 0) is 24.2 Å². The molecule has 1 atom stereocenters. The van der Waals surface area contributed by atoms with Gasteiger partial charge in [-0.1, -0.05) is 47.0 Å². The van der Waals surface area contributed by atoms with E-state index in [0.717, 1.165) is 32.1 Å². The molecular formula is C16H30N2O3. The summed E-state index contributed by atoms with van der Waals surface area (Å²) in [7, 11) is 0. The van der Waals surface area contributed by atoms with Gasteiger partial charge in [0.15, 0.2) is 0 Å². The fraction of sp³-hybridized carbons (Fsp3) is 0.875. The van der Waals surface area contributed by atoms with Crippen molar-refractivity contribution >= 4 is 12.0 Å². The predicted molar refractivity (Wildman–Crippen MR) is 83.2 cm³/mol. The second-order valence-electron chi connectivity index (χ2n) is 7.51. The van der Waals surface area contributed by atoms with Crippen molar-refractivity contribution < 1.29 is 14.7 Å². The summed E-state index contributed by atoms with van der Waals surface area (Å²) in [6, 6.07) is -0.241. The van der Waals surface area contributed by atoms with E-state index in [2.05, 4.69) is 38.3 Å². The maximum atomic E-state index is 12.1. The molecule has 1 aliphatic rings. The summed E-state index contributed by atoms with van der Waals surface area (Å²) < 4.78 is 0. The van der Waals surface area contributed by atoms with Crippen molar-refractivity contribution in [2.24, 2.45) is 11.3 Å². The zero-order valence-electron chi connectivity index (χ0n) is 13.8. The van der Waals surface area contributed by atoms with E-state index in [0.29, 0.717) is 12.5 Å². The highest BCUT2D eigenvalue weighted by molar-refractivity contribution is 5.76. The molecule has 0 bridgehead atoms. The highest BCUT2D eigenvalue weighted by Gasteiger charge is 2.36. The molecule has 0 heterocycles. The van der Waals surface area contributed by atoms with Gasteiger partial charge in [0, 0.05) is 6.54 Å². The Morgan fingerprint density at radius 3 is 2.24 bits per heavy atom. The van der Waals surface area contributed by atoms with Crippen LogP contribution in [0, 0.1) is 11.3 Å². The van der Waals surface area contributed by atoms with E-state index in [1.165, 1.54) is 0 Å².